The van der Waals surface area contributed by atoms with Gasteiger partial charge in [-0.1, -0.05) is 6.42 Å². The number of nitrogens with two attached hydrogens (primary N) is 1. The Morgan fingerprint density at radius 3 is 2.91 bits per heavy atom. The fourth-order valence-electron chi connectivity index (χ4n) is 2.89. The molecule has 2 aromatic rings. The van der Waals surface area contributed by atoms with Crippen molar-refractivity contribution in [3.63, 3.8) is 0 Å². The molecule has 0 aromatic carbocycles. The lowest BCUT2D eigenvalue weighted by atomic mass is 9.85. The summed E-state index contributed by atoms with van der Waals surface area (Å²) in [5, 5.41) is 7.29. The summed E-state index contributed by atoms with van der Waals surface area (Å²) in [6.45, 7) is 0.659. The van der Waals surface area contributed by atoms with Crippen molar-refractivity contribution in [2.45, 2.75) is 38.3 Å². The average Bonchev–Trinajstić information content (AvgIpc) is 2.95. The topological polar surface area (TPSA) is 85.8 Å². The molecule has 6 heteroatoms. The van der Waals surface area contributed by atoms with Gasteiger partial charge in [-0.3, -0.25) is 14.5 Å². The smallest absolute Gasteiger partial charge is 0.228 e. The summed E-state index contributed by atoms with van der Waals surface area (Å²) in [7, 11) is 0. The van der Waals surface area contributed by atoms with Gasteiger partial charge in [0.15, 0.2) is 5.82 Å². The highest BCUT2D eigenvalue weighted by Gasteiger charge is 2.25. The van der Waals surface area contributed by atoms with Crippen LogP contribution in [0.5, 0.6) is 0 Å². The van der Waals surface area contributed by atoms with E-state index in [1.807, 2.05) is 24.4 Å². The van der Waals surface area contributed by atoms with Crippen LogP contribution >= 0.6 is 0 Å². The van der Waals surface area contributed by atoms with E-state index in [0.29, 0.717) is 12.4 Å². The first-order chi connectivity index (χ1) is 10.7. The molecule has 22 heavy (non-hydrogen) atoms. The van der Waals surface area contributed by atoms with Crippen molar-refractivity contribution in [1.29, 1.82) is 0 Å². The minimum absolute atomic E-state index is 0.00842. The van der Waals surface area contributed by atoms with Crippen LogP contribution in [0.25, 0.3) is 0 Å². The Morgan fingerprint density at radius 2 is 2.14 bits per heavy atom. The van der Waals surface area contributed by atoms with Crippen LogP contribution in [0, 0.1) is 5.92 Å². The summed E-state index contributed by atoms with van der Waals surface area (Å²) in [6.07, 6.45) is 9.10. The first kappa shape index (κ1) is 14.7. The van der Waals surface area contributed by atoms with Crippen molar-refractivity contribution in [3.05, 3.63) is 42.4 Å². The zero-order valence-corrected chi connectivity index (χ0v) is 12.5. The summed E-state index contributed by atoms with van der Waals surface area (Å²) in [5.74, 6) is 0.636. The Balaban J connectivity index is 1.58. The lowest BCUT2D eigenvalue weighted by molar-refractivity contribution is -0.120. The van der Waals surface area contributed by atoms with Crippen molar-refractivity contribution >= 4 is 11.7 Å². The molecule has 0 bridgehead atoms. The molecule has 2 unspecified atom stereocenters. The molecule has 0 aliphatic heterocycles. The molecule has 2 heterocycles. The monoisotopic (exact) mass is 299 g/mol. The van der Waals surface area contributed by atoms with Crippen molar-refractivity contribution in [2.24, 2.45) is 11.7 Å². The largest absolute Gasteiger partial charge is 0.328 e. The number of hydrogen-bond acceptors (Lipinski definition) is 4. The molecule has 1 aliphatic carbocycles. The van der Waals surface area contributed by atoms with Gasteiger partial charge in [0.05, 0.1) is 6.54 Å². The SMILES string of the molecule is NC1CCCC(C(=O)Nc2ccn(Cc3ccncc3)n2)C1. The average molecular weight is 299 g/mol. The summed E-state index contributed by atoms with van der Waals surface area (Å²) in [6, 6.07) is 5.86. The summed E-state index contributed by atoms with van der Waals surface area (Å²) in [4.78, 5) is 16.2. The Hall–Kier alpha value is -2.21. The van der Waals surface area contributed by atoms with E-state index >= 15 is 0 Å². The van der Waals surface area contributed by atoms with Crippen LogP contribution in [0.4, 0.5) is 5.82 Å². The number of pyridine rings is 1. The second kappa shape index (κ2) is 6.70. The molecule has 0 spiro atoms. The van der Waals surface area contributed by atoms with Gasteiger partial charge in [-0.2, -0.15) is 5.10 Å². The van der Waals surface area contributed by atoms with Gasteiger partial charge in [0.2, 0.25) is 5.91 Å². The van der Waals surface area contributed by atoms with E-state index in [2.05, 4.69) is 15.4 Å². The van der Waals surface area contributed by atoms with Gasteiger partial charge in [0.1, 0.15) is 0 Å². The fourth-order valence-corrected chi connectivity index (χ4v) is 2.89. The Labute approximate surface area is 129 Å². The predicted octanol–water partition coefficient (Wildman–Crippen LogP) is 1.78. The highest BCUT2D eigenvalue weighted by atomic mass is 16.2. The highest BCUT2D eigenvalue weighted by molar-refractivity contribution is 5.91. The van der Waals surface area contributed by atoms with Crippen LogP contribution in [-0.4, -0.2) is 26.7 Å². The Bertz CT molecular complexity index is 624. The van der Waals surface area contributed by atoms with E-state index in [1.54, 1.807) is 17.1 Å². The first-order valence-corrected chi connectivity index (χ1v) is 7.69. The van der Waals surface area contributed by atoms with Crippen molar-refractivity contribution in [1.82, 2.24) is 14.8 Å². The molecule has 1 aliphatic rings. The third-order valence-electron chi connectivity index (χ3n) is 4.07. The van der Waals surface area contributed by atoms with Gasteiger partial charge in [0.25, 0.3) is 0 Å². The molecule has 0 radical (unpaired) electrons. The molecule has 6 nitrogen and oxygen atoms in total. The lowest BCUT2D eigenvalue weighted by Gasteiger charge is -2.25. The second-order valence-electron chi connectivity index (χ2n) is 5.87. The van der Waals surface area contributed by atoms with Gasteiger partial charge in [-0.15, -0.1) is 0 Å². The third kappa shape index (κ3) is 3.71. The number of amides is 1. The molecule has 2 aromatic heterocycles. The van der Waals surface area contributed by atoms with Crippen LogP contribution in [-0.2, 0) is 11.3 Å². The summed E-state index contributed by atoms with van der Waals surface area (Å²) in [5.41, 5.74) is 7.06. The number of carbonyl (C=O) groups is 1. The standard InChI is InChI=1S/C16H21N5O/c17-14-3-1-2-13(10-14)16(22)19-15-6-9-21(20-15)11-12-4-7-18-8-5-12/h4-9,13-14H,1-3,10-11,17H2,(H,19,20,22). The number of nitrogens with zero attached hydrogens (tertiary/aromatic N) is 3. The maximum Gasteiger partial charge on any atom is 0.228 e. The second-order valence-corrected chi connectivity index (χ2v) is 5.87. The zero-order valence-electron chi connectivity index (χ0n) is 12.5. The minimum Gasteiger partial charge on any atom is -0.328 e. The van der Waals surface area contributed by atoms with Gasteiger partial charge < -0.3 is 11.1 Å². The van der Waals surface area contributed by atoms with E-state index in [9.17, 15) is 4.79 Å². The van der Waals surface area contributed by atoms with Crippen LogP contribution in [0.3, 0.4) is 0 Å². The number of anilines is 1. The zero-order chi connectivity index (χ0) is 15.4. The van der Waals surface area contributed by atoms with Crippen LogP contribution in [0.1, 0.15) is 31.2 Å². The van der Waals surface area contributed by atoms with Gasteiger partial charge in [-0.25, -0.2) is 0 Å². The molecule has 116 valence electrons. The number of carbonyl (C=O) groups excluding carboxylic acids is 1. The first-order valence-electron chi connectivity index (χ1n) is 7.69. The predicted molar refractivity (Wildman–Crippen MR) is 84.1 cm³/mol. The molecule has 0 saturated heterocycles. The Kier molecular flexibility index (Phi) is 4.48. The molecule has 3 N–H and O–H groups in total. The van der Waals surface area contributed by atoms with E-state index < -0.39 is 0 Å². The number of aromatic nitrogens is 3. The van der Waals surface area contributed by atoms with Crippen LogP contribution in [0.15, 0.2) is 36.8 Å². The van der Waals surface area contributed by atoms with E-state index in [1.165, 1.54) is 0 Å². The normalized spacial score (nSPS) is 21.5. The van der Waals surface area contributed by atoms with Crippen molar-refractivity contribution in [2.75, 3.05) is 5.32 Å². The third-order valence-corrected chi connectivity index (χ3v) is 4.07. The van der Waals surface area contributed by atoms with Gasteiger partial charge >= 0.3 is 0 Å². The maximum absolute atomic E-state index is 12.3. The van der Waals surface area contributed by atoms with E-state index in [-0.39, 0.29) is 17.9 Å². The molecule has 1 fully saturated rings. The Morgan fingerprint density at radius 1 is 1.32 bits per heavy atom. The van der Waals surface area contributed by atoms with E-state index in [0.717, 1.165) is 31.2 Å². The fraction of sp³-hybridized carbons (Fsp3) is 0.438. The molecule has 1 saturated carbocycles. The highest BCUT2D eigenvalue weighted by Crippen LogP contribution is 2.24. The lowest BCUT2D eigenvalue weighted by Crippen LogP contribution is -2.34. The number of rotatable bonds is 4. The van der Waals surface area contributed by atoms with Crippen LogP contribution < -0.4 is 11.1 Å². The molecule has 1 amide bonds. The summed E-state index contributed by atoms with van der Waals surface area (Å²) < 4.78 is 1.80. The van der Waals surface area contributed by atoms with Gasteiger partial charge in [-0.05, 0) is 37.0 Å². The quantitative estimate of drug-likeness (QED) is 0.901. The van der Waals surface area contributed by atoms with Gasteiger partial charge in [0, 0.05) is 36.6 Å². The molecule has 3 rings (SSSR count). The number of hydrogen-bond donors (Lipinski definition) is 2. The van der Waals surface area contributed by atoms with Crippen molar-refractivity contribution < 1.29 is 4.79 Å². The van der Waals surface area contributed by atoms with Crippen molar-refractivity contribution in [3.8, 4) is 0 Å². The number of nitrogens with one attached hydrogen (secondary N) is 1. The summed E-state index contributed by atoms with van der Waals surface area (Å²) >= 11 is 0. The van der Waals surface area contributed by atoms with Crippen LogP contribution in [0.2, 0.25) is 0 Å². The molecular formula is C16H21N5O. The van der Waals surface area contributed by atoms with E-state index in [4.69, 9.17) is 5.73 Å². The molecule has 2 atom stereocenters. The molecular weight excluding hydrogens is 278 g/mol. The maximum atomic E-state index is 12.3. The minimum atomic E-state index is 0.00842.